The molecule has 1 unspecified atom stereocenters. The molecule has 178 valence electrons. The van der Waals surface area contributed by atoms with Gasteiger partial charge in [-0.3, -0.25) is 23.7 Å². The highest BCUT2D eigenvalue weighted by molar-refractivity contribution is 8.24. The third-order valence-corrected chi connectivity index (χ3v) is 7.28. The van der Waals surface area contributed by atoms with Gasteiger partial charge in [-0.1, -0.05) is 49.7 Å². The van der Waals surface area contributed by atoms with E-state index in [1.165, 1.54) is 11.2 Å². The third kappa shape index (κ3) is 6.13. The van der Waals surface area contributed by atoms with Crippen LogP contribution in [-0.2, 0) is 9.59 Å². The molecule has 2 aromatic rings. The number of nitrogens with zero attached hydrogens (tertiary/aromatic N) is 2. The van der Waals surface area contributed by atoms with Gasteiger partial charge in [0.25, 0.3) is 5.91 Å². The summed E-state index contributed by atoms with van der Waals surface area (Å²) in [6.45, 7) is 4.39. The first-order valence-electron chi connectivity index (χ1n) is 11.0. The zero-order chi connectivity index (χ0) is 23.8. The Morgan fingerprint density at radius 2 is 1.91 bits per heavy atom. The summed E-state index contributed by atoms with van der Waals surface area (Å²) in [5.74, 6) is 0.0466. The van der Waals surface area contributed by atoms with E-state index < -0.39 is 21.9 Å². The zero-order valence-corrected chi connectivity index (χ0v) is 19.8. The van der Waals surface area contributed by atoms with E-state index in [4.69, 9.17) is 4.74 Å². The van der Waals surface area contributed by atoms with Crippen molar-refractivity contribution in [3.8, 4) is 5.75 Å². The van der Waals surface area contributed by atoms with E-state index in [2.05, 4.69) is 10.3 Å². The van der Waals surface area contributed by atoms with E-state index in [1.54, 1.807) is 36.4 Å². The van der Waals surface area contributed by atoms with Gasteiger partial charge in [-0.05, 0) is 24.1 Å². The number of nitrogens with one attached hydrogen (secondary N) is 1. The summed E-state index contributed by atoms with van der Waals surface area (Å²) in [4.78, 5) is 28.7. The number of benzene rings is 2. The molecule has 0 bridgehead atoms. The summed E-state index contributed by atoms with van der Waals surface area (Å²) in [6.07, 6.45) is 2.06. The summed E-state index contributed by atoms with van der Waals surface area (Å²) in [6, 6.07) is 16.1. The van der Waals surface area contributed by atoms with E-state index in [0.29, 0.717) is 43.0 Å². The van der Waals surface area contributed by atoms with Crippen molar-refractivity contribution in [2.75, 3.05) is 25.0 Å². The molecule has 0 radical (unpaired) electrons. The highest BCUT2D eigenvalue weighted by Gasteiger charge is 2.50. The van der Waals surface area contributed by atoms with Gasteiger partial charge < -0.3 is 10.1 Å². The number of unbranched alkanes of at least 4 members (excludes halogenated alkanes) is 1. The van der Waals surface area contributed by atoms with Crippen molar-refractivity contribution >= 4 is 34.0 Å². The van der Waals surface area contributed by atoms with Gasteiger partial charge in [-0.15, -0.1) is 10.8 Å². The van der Waals surface area contributed by atoms with Gasteiger partial charge in [0.2, 0.25) is 5.91 Å². The number of carbonyl (C=O) groups is 2. The van der Waals surface area contributed by atoms with Gasteiger partial charge >= 0.3 is 0 Å². The Hall–Kier alpha value is -2.88. The van der Waals surface area contributed by atoms with Crippen LogP contribution < -0.4 is 10.1 Å². The standard InChI is InChI=1S/C24H31N3O5S/c1-3-4-15-27-24(29)22(23(33(27,30)31)19-10-6-5-7-11-19)25-14-9-16-32-21-13-8-12-20(17-21)26-18(2)28/h5-8,10-13,17,23,30-31H,3-4,9,14-16H2,1-2H3,(H,26,28). The van der Waals surface area contributed by atoms with Crippen molar-refractivity contribution in [3.05, 3.63) is 60.2 Å². The minimum atomic E-state index is -3.36. The molecule has 0 saturated carbocycles. The number of hydrogen-bond acceptors (Lipinski definition) is 6. The molecule has 0 aromatic heterocycles. The average molecular weight is 474 g/mol. The molecule has 33 heavy (non-hydrogen) atoms. The Bertz CT molecular complexity index is 997. The van der Waals surface area contributed by atoms with Gasteiger partial charge in [-0.25, -0.2) is 4.31 Å². The van der Waals surface area contributed by atoms with Crippen LogP contribution >= 0.6 is 10.8 Å². The minimum absolute atomic E-state index is 0.156. The summed E-state index contributed by atoms with van der Waals surface area (Å²) in [7, 11) is -3.36. The molecule has 3 N–H and O–H groups in total. The molecule has 2 aromatic carbocycles. The summed E-state index contributed by atoms with van der Waals surface area (Å²) >= 11 is 0. The molecule has 1 fully saturated rings. The molecule has 1 atom stereocenters. The number of amides is 2. The Morgan fingerprint density at radius 3 is 2.61 bits per heavy atom. The van der Waals surface area contributed by atoms with Crippen LogP contribution in [0, 0.1) is 0 Å². The number of carbonyl (C=O) groups excluding carboxylic acids is 2. The molecule has 1 heterocycles. The smallest absolute Gasteiger partial charge is 0.288 e. The summed E-state index contributed by atoms with van der Waals surface area (Å²) in [5.41, 5.74) is 1.50. The van der Waals surface area contributed by atoms with E-state index in [1.807, 2.05) is 25.1 Å². The van der Waals surface area contributed by atoms with Crippen LogP contribution in [0.25, 0.3) is 0 Å². The van der Waals surface area contributed by atoms with E-state index in [-0.39, 0.29) is 18.2 Å². The largest absolute Gasteiger partial charge is 0.493 e. The molecule has 2 amide bonds. The van der Waals surface area contributed by atoms with Gasteiger partial charge in [0.05, 0.1) is 6.61 Å². The zero-order valence-electron chi connectivity index (χ0n) is 18.9. The quantitative estimate of drug-likeness (QED) is 0.425. The molecule has 1 aliphatic heterocycles. The fourth-order valence-corrected chi connectivity index (χ4v) is 5.60. The maximum absolute atomic E-state index is 13.1. The Morgan fingerprint density at radius 1 is 1.15 bits per heavy atom. The predicted molar refractivity (Wildman–Crippen MR) is 132 cm³/mol. The lowest BCUT2D eigenvalue weighted by Gasteiger charge is -2.40. The lowest BCUT2D eigenvalue weighted by molar-refractivity contribution is -0.119. The second kappa shape index (κ2) is 11.3. The fourth-order valence-electron chi connectivity index (χ4n) is 3.62. The fraction of sp³-hybridized carbons (Fsp3) is 0.375. The first-order valence-corrected chi connectivity index (χ1v) is 12.6. The molecule has 0 spiro atoms. The molecular weight excluding hydrogens is 442 g/mol. The van der Waals surface area contributed by atoms with Gasteiger partial charge in [-0.2, -0.15) is 0 Å². The van der Waals surface area contributed by atoms with E-state index >= 15 is 0 Å². The number of ether oxygens (including phenoxy) is 1. The second-order valence-corrected chi connectivity index (χ2v) is 9.83. The highest BCUT2D eigenvalue weighted by atomic mass is 32.3. The number of hydrogen-bond donors (Lipinski definition) is 3. The average Bonchev–Trinajstić information content (AvgIpc) is 2.97. The van der Waals surface area contributed by atoms with Crippen molar-refractivity contribution in [1.29, 1.82) is 0 Å². The first kappa shape index (κ1) is 24.8. The molecule has 3 rings (SSSR count). The molecular formula is C24H31N3O5S. The maximum Gasteiger partial charge on any atom is 0.288 e. The van der Waals surface area contributed by atoms with Crippen LogP contribution in [0.4, 0.5) is 5.69 Å². The molecule has 9 heteroatoms. The monoisotopic (exact) mass is 473 g/mol. The molecule has 8 nitrogen and oxygen atoms in total. The number of rotatable bonds is 10. The Balaban J connectivity index is 1.68. The van der Waals surface area contributed by atoms with Crippen molar-refractivity contribution in [1.82, 2.24) is 4.31 Å². The SMILES string of the molecule is CCCCN1C(=O)C(=NCCCOc2cccc(NC(C)=O)c2)C(c2ccccc2)S1(O)O. The molecule has 0 aliphatic carbocycles. The Kier molecular flexibility index (Phi) is 8.49. The second-order valence-electron chi connectivity index (χ2n) is 7.79. The van der Waals surface area contributed by atoms with Crippen molar-refractivity contribution < 1.29 is 23.4 Å². The summed E-state index contributed by atoms with van der Waals surface area (Å²) < 4.78 is 28.9. The van der Waals surface area contributed by atoms with Crippen LogP contribution in [0.3, 0.4) is 0 Å². The minimum Gasteiger partial charge on any atom is -0.493 e. The molecule has 1 aliphatic rings. The van der Waals surface area contributed by atoms with Crippen LogP contribution in [0.1, 0.15) is 43.9 Å². The van der Waals surface area contributed by atoms with E-state index in [0.717, 1.165) is 6.42 Å². The van der Waals surface area contributed by atoms with E-state index in [9.17, 15) is 18.7 Å². The summed E-state index contributed by atoms with van der Waals surface area (Å²) in [5, 5.41) is 1.84. The maximum atomic E-state index is 13.1. The van der Waals surface area contributed by atoms with Crippen molar-refractivity contribution in [2.24, 2.45) is 4.99 Å². The molecule has 1 saturated heterocycles. The number of anilines is 1. The predicted octanol–water partition coefficient (Wildman–Crippen LogP) is 4.90. The van der Waals surface area contributed by atoms with Crippen LogP contribution in [0.5, 0.6) is 5.75 Å². The lowest BCUT2D eigenvalue weighted by Crippen LogP contribution is -2.29. The van der Waals surface area contributed by atoms with Gasteiger partial charge in [0, 0.05) is 38.2 Å². The topological polar surface area (TPSA) is 111 Å². The normalized spacial score (nSPS) is 19.5. The van der Waals surface area contributed by atoms with Crippen molar-refractivity contribution in [3.63, 3.8) is 0 Å². The van der Waals surface area contributed by atoms with Gasteiger partial charge in [0.15, 0.2) is 0 Å². The number of aliphatic imine (C=N–C) groups is 1. The van der Waals surface area contributed by atoms with Crippen LogP contribution in [0.15, 0.2) is 59.6 Å². The Labute approximate surface area is 196 Å². The third-order valence-electron chi connectivity index (χ3n) is 5.16. The lowest BCUT2D eigenvalue weighted by atomic mass is 10.1. The van der Waals surface area contributed by atoms with Gasteiger partial charge in [0.1, 0.15) is 16.7 Å². The van der Waals surface area contributed by atoms with Crippen molar-refractivity contribution in [2.45, 2.75) is 38.4 Å². The van der Waals surface area contributed by atoms with Crippen LogP contribution in [-0.4, -0.2) is 50.6 Å². The highest BCUT2D eigenvalue weighted by Crippen LogP contribution is 2.61. The van der Waals surface area contributed by atoms with Crippen LogP contribution in [0.2, 0.25) is 0 Å². The first-order chi connectivity index (χ1) is 15.8.